The van der Waals surface area contributed by atoms with Gasteiger partial charge < -0.3 is 5.32 Å². The molecule has 0 aliphatic carbocycles. The lowest BCUT2D eigenvalue weighted by Gasteiger charge is -2.32. The Morgan fingerprint density at radius 2 is 2.19 bits per heavy atom. The van der Waals surface area contributed by atoms with Gasteiger partial charge in [0.25, 0.3) is 5.56 Å². The average molecular weight is 360 g/mol. The smallest absolute Gasteiger partial charge is 0.261 e. The second-order valence-electron chi connectivity index (χ2n) is 7.19. The number of halogens is 1. The number of nitrogens with zero attached hydrogens (tertiary/aromatic N) is 3. The van der Waals surface area contributed by atoms with Crippen LogP contribution in [-0.4, -0.2) is 40.1 Å². The maximum atomic E-state index is 13.6. The molecule has 2 heterocycles. The Kier molecular flexibility index (Phi) is 6.04. The van der Waals surface area contributed by atoms with Gasteiger partial charge in [0, 0.05) is 25.7 Å². The summed E-state index contributed by atoms with van der Waals surface area (Å²) in [6.07, 6.45) is 3.05. The van der Waals surface area contributed by atoms with Crippen LogP contribution in [0.3, 0.4) is 0 Å². The molecule has 1 aliphatic rings. The molecule has 1 aromatic carbocycles. The molecule has 1 aliphatic heterocycles. The Bertz CT molecular complexity index is 819. The fourth-order valence-corrected chi connectivity index (χ4v) is 3.94. The van der Waals surface area contributed by atoms with Crippen molar-refractivity contribution in [2.75, 3.05) is 19.6 Å². The van der Waals surface area contributed by atoms with Gasteiger partial charge in [-0.2, -0.15) is 0 Å². The van der Waals surface area contributed by atoms with E-state index in [0.717, 1.165) is 44.7 Å². The molecule has 0 bridgehead atoms. The first-order valence-electron chi connectivity index (χ1n) is 9.72. The number of hydrogen-bond acceptors (Lipinski definition) is 4. The van der Waals surface area contributed by atoms with Crippen LogP contribution >= 0.6 is 0 Å². The van der Waals surface area contributed by atoms with Crippen LogP contribution < -0.4 is 10.9 Å². The number of aromatic nitrogens is 2. The molecule has 6 heteroatoms. The van der Waals surface area contributed by atoms with E-state index >= 15 is 0 Å². The zero-order chi connectivity index (χ0) is 18.7. The first kappa shape index (κ1) is 19.0. The predicted molar refractivity (Wildman–Crippen MR) is 103 cm³/mol. The molecule has 142 valence electrons. The highest BCUT2D eigenvalue weighted by molar-refractivity contribution is 5.77. The second kappa shape index (κ2) is 8.27. The SMILES string of the molecule is CCCC(c1nc2ccc(F)cc2c(=O)n1CC)N1CCCN[C@H](C)C1. The molecule has 1 N–H and O–H groups in total. The topological polar surface area (TPSA) is 50.2 Å². The van der Waals surface area contributed by atoms with Crippen molar-refractivity contribution in [3.8, 4) is 0 Å². The van der Waals surface area contributed by atoms with Crippen LogP contribution in [0.1, 0.15) is 51.9 Å². The van der Waals surface area contributed by atoms with Gasteiger partial charge in [-0.3, -0.25) is 14.3 Å². The van der Waals surface area contributed by atoms with E-state index in [4.69, 9.17) is 4.98 Å². The predicted octanol–water partition coefficient (Wildman–Crippen LogP) is 3.08. The summed E-state index contributed by atoms with van der Waals surface area (Å²) < 4.78 is 15.3. The van der Waals surface area contributed by atoms with E-state index in [1.54, 1.807) is 10.6 Å². The third-order valence-electron chi connectivity index (χ3n) is 5.19. The van der Waals surface area contributed by atoms with Gasteiger partial charge in [-0.25, -0.2) is 9.37 Å². The van der Waals surface area contributed by atoms with E-state index in [-0.39, 0.29) is 11.6 Å². The van der Waals surface area contributed by atoms with E-state index in [1.807, 2.05) is 6.92 Å². The Morgan fingerprint density at radius 1 is 1.38 bits per heavy atom. The molecular weight excluding hydrogens is 331 g/mol. The summed E-state index contributed by atoms with van der Waals surface area (Å²) >= 11 is 0. The van der Waals surface area contributed by atoms with Gasteiger partial charge in [0.05, 0.1) is 16.9 Å². The summed E-state index contributed by atoms with van der Waals surface area (Å²) in [6.45, 7) is 9.79. The molecule has 1 fully saturated rings. The number of rotatable bonds is 5. The lowest BCUT2D eigenvalue weighted by Crippen LogP contribution is -2.40. The van der Waals surface area contributed by atoms with Gasteiger partial charge in [0.15, 0.2) is 0 Å². The van der Waals surface area contributed by atoms with Crippen molar-refractivity contribution in [3.05, 3.63) is 40.2 Å². The fourth-order valence-electron chi connectivity index (χ4n) is 3.94. The molecule has 0 spiro atoms. The van der Waals surface area contributed by atoms with Crippen molar-refractivity contribution < 1.29 is 4.39 Å². The van der Waals surface area contributed by atoms with Crippen molar-refractivity contribution in [2.45, 2.75) is 58.7 Å². The largest absolute Gasteiger partial charge is 0.313 e. The van der Waals surface area contributed by atoms with E-state index in [1.165, 1.54) is 12.1 Å². The maximum Gasteiger partial charge on any atom is 0.261 e. The van der Waals surface area contributed by atoms with Crippen molar-refractivity contribution in [3.63, 3.8) is 0 Å². The lowest BCUT2D eigenvalue weighted by molar-refractivity contribution is 0.174. The number of fused-ring (bicyclic) bond motifs is 1. The van der Waals surface area contributed by atoms with Gasteiger partial charge >= 0.3 is 0 Å². The van der Waals surface area contributed by atoms with Crippen molar-refractivity contribution in [1.29, 1.82) is 0 Å². The molecule has 1 unspecified atom stereocenters. The van der Waals surface area contributed by atoms with Gasteiger partial charge in [0.1, 0.15) is 11.6 Å². The van der Waals surface area contributed by atoms with E-state index < -0.39 is 5.82 Å². The molecule has 1 aromatic heterocycles. The van der Waals surface area contributed by atoms with Gasteiger partial charge in [-0.05, 0) is 51.4 Å². The van der Waals surface area contributed by atoms with E-state index in [0.29, 0.717) is 23.5 Å². The Balaban J connectivity index is 2.12. The molecule has 0 saturated carbocycles. The van der Waals surface area contributed by atoms with Crippen molar-refractivity contribution in [2.24, 2.45) is 0 Å². The minimum atomic E-state index is -0.399. The first-order valence-corrected chi connectivity index (χ1v) is 9.72. The Labute approximate surface area is 154 Å². The van der Waals surface area contributed by atoms with E-state index in [2.05, 4.69) is 24.1 Å². The van der Waals surface area contributed by atoms with Crippen LogP contribution in [0.25, 0.3) is 10.9 Å². The highest BCUT2D eigenvalue weighted by Gasteiger charge is 2.27. The second-order valence-corrected chi connectivity index (χ2v) is 7.19. The maximum absolute atomic E-state index is 13.6. The molecule has 2 aromatic rings. The van der Waals surface area contributed by atoms with Crippen LogP contribution in [0.4, 0.5) is 4.39 Å². The zero-order valence-corrected chi connectivity index (χ0v) is 16.0. The molecule has 3 rings (SSSR count). The zero-order valence-electron chi connectivity index (χ0n) is 16.0. The summed E-state index contributed by atoms with van der Waals surface area (Å²) in [6, 6.07) is 4.80. The Morgan fingerprint density at radius 3 is 2.92 bits per heavy atom. The summed E-state index contributed by atoms with van der Waals surface area (Å²) in [5, 5.41) is 3.88. The number of nitrogens with one attached hydrogen (secondary N) is 1. The van der Waals surface area contributed by atoms with Crippen molar-refractivity contribution >= 4 is 10.9 Å². The lowest BCUT2D eigenvalue weighted by atomic mass is 10.1. The summed E-state index contributed by atoms with van der Waals surface area (Å²) in [4.78, 5) is 20.3. The molecule has 1 saturated heterocycles. The minimum absolute atomic E-state index is 0.101. The average Bonchev–Trinajstić information content (AvgIpc) is 2.84. The first-order chi connectivity index (χ1) is 12.5. The summed E-state index contributed by atoms with van der Waals surface area (Å²) in [7, 11) is 0. The molecule has 26 heavy (non-hydrogen) atoms. The summed E-state index contributed by atoms with van der Waals surface area (Å²) in [5.41, 5.74) is 0.437. The highest BCUT2D eigenvalue weighted by atomic mass is 19.1. The van der Waals surface area contributed by atoms with Crippen LogP contribution in [0.15, 0.2) is 23.0 Å². The monoisotopic (exact) mass is 360 g/mol. The van der Waals surface area contributed by atoms with E-state index in [9.17, 15) is 9.18 Å². The van der Waals surface area contributed by atoms with Crippen LogP contribution in [-0.2, 0) is 6.54 Å². The van der Waals surface area contributed by atoms with Crippen LogP contribution in [0.5, 0.6) is 0 Å². The van der Waals surface area contributed by atoms with Crippen molar-refractivity contribution in [1.82, 2.24) is 19.8 Å². The fraction of sp³-hybridized carbons (Fsp3) is 0.600. The third kappa shape index (κ3) is 3.81. The molecule has 2 atom stereocenters. The van der Waals surface area contributed by atoms with Crippen LogP contribution in [0.2, 0.25) is 0 Å². The number of hydrogen-bond donors (Lipinski definition) is 1. The Hall–Kier alpha value is -1.79. The van der Waals surface area contributed by atoms with Gasteiger partial charge in [-0.15, -0.1) is 0 Å². The minimum Gasteiger partial charge on any atom is -0.313 e. The van der Waals surface area contributed by atoms with Gasteiger partial charge in [0.2, 0.25) is 0 Å². The quantitative estimate of drug-likeness (QED) is 0.890. The highest BCUT2D eigenvalue weighted by Crippen LogP contribution is 2.26. The van der Waals surface area contributed by atoms with Crippen LogP contribution in [0, 0.1) is 5.82 Å². The molecule has 5 nitrogen and oxygen atoms in total. The normalized spacial score (nSPS) is 20.2. The number of benzene rings is 1. The standard InChI is InChI=1S/C20H29FN4O/c1-4-7-18(24-11-6-10-22-14(3)13-24)19-23-17-9-8-15(21)12-16(17)20(26)25(19)5-2/h8-9,12,14,18,22H,4-7,10-11,13H2,1-3H3/t14-,18?/m1/s1. The third-order valence-corrected chi connectivity index (χ3v) is 5.19. The molecular formula is C20H29FN4O. The molecule has 0 radical (unpaired) electrons. The van der Waals surface area contributed by atoms with Gasteiger partial charge in [-0.1, -0.05) is 13.3 Å². The summed E-state index contributed by atoms with van der Waals surface area (Å²) in [5.74, 6) is 0.414. The molecule has 0 amide bonds.